The summed E-state index contributed by atoms with van der Waals surface area (Å²) in [4.78, 5) is 15.3. The predicted molar refractivity (Wildman–Crippen MR) is 70.8 cm³/mol. The molecule has 0 aliphatic heterocycles. The molecule has 0 aromatic carbocycles. The number of nitrogens with zero attached hydrogens (tertiary/aromatic N) is 2. The normalized spacial score (nSPS) is 16.5. The van der Waals surface area contributed by atoms with Crippen molar-refractivity contribution >= 4 is 11.8 Å². The Balaban J connectivity index is 1.82. The lowest BCUT2D eigenvalue weighted by Crippen LogP contribution is -2.19. The van der Waals surface area contributed by atoms with Crippen LogP contribution in [0.25, 0.3) is 0 Å². The summed E-state index contributed by atoms with van der Waals surface area (Å²) in [6.45, 7) is 1.19. The van der Waals surface area contributed by atoms with Gasteiger partial charge in [-0.25, -0.2) is 9.78 Å². The predicted octanol–water partition coefficient (Wildman–Crippen LogP) is 1.60. The van der Waals surface area contributed by atoms with E-state index in [-0.39, 0.29) is 5.69 Å². The summed E-state index contributed by atoms with van der Waals surface area (Å²) < 4.78 is 12.1. The fourth-order valence-corrected chi connectivity index (χ4v) is 2.37. The Morgan fingerprint density at radius 1 is 1.47 bits per heavy atom. The third kappa shape index (κ3) is 3.47. The van der Waals surface area contributed by atoms with E-state index in [9.17, 15) is 4.79 Å². The molecule has 6 nitrogen and oxygen atoms in total. The Morgan fingerprint density at radius 2 is 2.21 bits per heavy atom. The topological polar surface area (TPSA) is 79.4 Å². The third-order valence-corrected chi connectivity index (χ3v) is 3.49. The van der Waals surface area contributed by atoms with Crippen molar-refractivity contribution in [3.8, 4) is 0 Å². The first-order valence-electron chi connectivity index (χ1n) is 6.73. The molecule has 0 unspecified atom stereocenters. The van der Waals surface area contributed by atoms with Crippen LogP contribution in [0.1, 0.15) is 42.6 Å². The minimum atomic E-state index is -0.510. The number of hydrogen-bond donors (Lipinski definition) is 1. The second-order valence-corrected chi connectivity index (χ2v) is 4.79. The fourth-order valence-electron chi connectivity index (χ4n) is 2.37. The number of hydrogen-bond acceptors (Lipinski definition) is 5. The second kappa shape index (κ2) is 6.56. The molecule has 0 radical (unpaired) electrons. The first-order valence-corrected chi connectivity index (χ1v) is 6.73. The van der Waals surface area contributed by atoms with Crippen LogP contribution in [0.15, 0.2) is 6.33 Å². The molecular weight excluding hydrogens is 246 g/mol. The Bertz CT molecular complexity index is 425. The lowest BCUT2D eigenvalue weighted by molar-refractivity contribution is 0.0242. The Labute approximate surface area is 112 Å². The van der Waals surface area contributed by atoms with Gasteiger partial charge in [0, 0.05) is 6.54 Å². The SMILES string of the molecule is COC(=O)c1ncn(CCOC2CCCCC2)c1N. The molecule has 1 fully saturated rings. The van der Waals surface area contributed by atoms with Crippen LogP contribution in [-0.4, -0.2) is 35.3 Å². The van der Waals surface area contributed by atoms with Gasteiger partial charge in [-0.1, -0.05) is 19.3 Å². The smallest absolute Gasteiger partial charge is 0.360 e. The minimum absolute atomic E-state index is 0.167. The largest absolute Gasteiger partial charge is 0.464 e. The molecule has 19 heavy (non-hydrogen) atoms. The van der Waals surface area contributed by atoms with Gasteiger partial charge in [-0.15, -0.1) is 0 Å². The lowest BCUT2D eigenvalue weighted by atomic mass is 9.98. The summed E-state index contributed by atoms with van der Waals surface area (Å²) in [5, 5.41) is 0. The van der Waals surface area contributed by atoms with Crippen LogP contribution in [0, 0.1) is 0 Å². The molecule has 0 bridgehead atoms. The van der Waals surface area contributed by atoms with E-state index in [0.29, 0.717) is 25.1 Å². The highest BCUT2D eigenvalue weighted by Crippen LogP contribution is 2.20. The number of nitrogen functional groups attached to an aromatic ring is 1. The molecule has 1 aliphatic carbocycles. The molecule has 0 atom stereocenters. The quantitative estimate of drug-likeness (QED) is 0.820. The van der Waals surface area contributed by atoms with Gasteiger partial charge in [-0.2, -0.15) is 0 Å². The van der Waals surface area contributed by atoms with Gasteiger partial charge in [0.1, 0.15) is 5.82 Å². The number of carbonyl (C=O) groups excluding carboxylic acids is 1. The average molecular weight is 267 g/mol. The molecule has 1 saturated carbocycles. The number of ether oxygens (including phenoxy) is 2. The van der Waals surface area contributed by atoms with E-state index >= 15 is 0 Å². The lowest BCUT2D eigenvalue weighted by Gasteiger charge is -2.22. The van der Waals surface area contributed by atoms with Crippen LogP contribution >= 0.6 is 0 Å². The van der Waals surface area contributed by atoms with Gasteiger partial charge in [-0.3, -0.25) is 0 Å². The molecule has 0 saturated heterocycles. The number of esters is 1. The van der Waals surface area contributed by atoms with Gasteiger partial charge in [0.15, 0.2) is 5.69 Å². The van der Waals surface area contributed by atoms with E-state index in [2.05, 4.69) is 9.72 Å². The molecular formula is C13H21N3O3. The number of aromatic nitrogens is 2. The van der Waals surface area contributed by atoms with Gasteiger partial charge in [0.2, 0.25) is 0 Å². The number of rotatable bonds is 5. The monoisotopic (exact) mass is 267 g/mol. The van der Waals surface area contributed by atoms with Crippen LogP contribution in [0.5, 0.6) is 0 Å². The zero-order valence-electron chi connectivity index (χ0n) is 11.3. The number of methoxy groups -OCH3 is 1. The van der Waals surface area contributed by atoms with Crippen molar-refractivity contribution < 1.29 is 14.3 Å². The highest BCUT2D eigenvalue weighted by molar-refractivity contribution is 5.91. The maximum Gasteiger partial charge on any atom is 0.360 e. The van der Waals surface area contributed by atoms with E-state index in [1.54, 1.807) is 10.9 Å². The van der Waals surface area contributed by atoms with Crippen molar-refractivity contribution in [2.45, 2.75) is 44.8 Å². The van der Waals surface area contributed by atoms with Gasteiger partial charge >= 0.3 is 5.97 Å². The van der Waals surface area contributed by atoms with Crippen molar-refractivity contribution in [1.82, 2.24) is 9.55 Å². The van der Waals surface area contributed by atoms with E-state index in [1.165, 1.54) is 26.4 Å². The molecule has 0 amide bonds. The van der Waals surface area contributed by atoms with Gasteiger partial charge in [-0.05, 0) is 12.8 Å². The number of anilines is 1. The standard InChI is InChI=1S/C13H21N3O3/c1-18-13(17)11-12(14)16(9-15-11)7-8-19-10-5-3-2-4-6-10/h9-10H,2-8,14H2,1H3. The number of carbonyl (C=O) groups is 1. The fraction of sp³-hybridized carbons (Fsp3) is 0.692. The van der Waals surface area contributed by atoms with Gasteiger partial charge < -0.3 is 19.8 Å². The number of imidazole rings is 1. The third-order valence-electron chi connectivity index (χ3n) is 3.49. The molecule has 1 aromatic rings. The molecule has 1 aromatic heterocycles. The average Bonchev–Trinajstić information content (AvgIpc) is 2.81. The van der Waals surface area contributed by atoms with E-state index < -0.39 is 5.97 Å². The van der Waals surface area contributed by atoms with Crippen LogP contribution in [-0.2, 0) is 16.0 Å². The van der Waals surface area contributed by atoms with E-state index in [0.717, 1.165) is 12.8 Å². The van der Waals surface area contributed by atoms with Crippen LogP contribution in [0.3, 0.4) is 0 Å². The Kier molecular flexibility index (Phi) is 4.79. The summed E-state index contributed by atoms with van der Waals surface area (Å²) in [7, 11) is 1.31. The van der Waals surface area contributed by atoms with Gasteiger partial charge in [0.25, 0.3) is 0 Å². The van der Waals surface area contributed by atoms with E-state index in [4.69, 9.17) is 10.5 Å². The van der Waals surface area contributed by atoms with Crippen molar-refractivity contribution in [3.05, 3.63) is 12.0 Å². The zero-order valence-corrected chi connectivity index (χ0v) is 11.3. The highest BCUT2D eigenvalue weighted by Gasteiger charge is 2.17. The molecule has 2 N–H and O–H groups in total. The first-order chi connectivity index (χ1) is 9.22. The minimum Gasteiger partial charge on any atom is -0.464 e. The zero-order chi connectivity index (χ0) is 13.7. The van der Waals surface area contributed by atoms with Crippen molar-refractivity contribution in [1.29, 1.82) is 0 Å². The summed E-state index contributed by atoms with van der Waals surface area (Å²) in [6, 6.07) is 0. The van der Waals surface area contributed by atoms with Gasteiger partial charge in [0.05, 0.1) is 26.1 Å². The summed E-state index contributed by atoms with van der Waals surface area (Å²) in [5.74, 6) is -0.177. The molecule has 1 heterocycles. The number of nitrogens with two attached hydrogens (primary N) is 1. The van der Waals surface area contributed by atoms with Crippen molar-refractivity contribution in [3.63, 3.8) is 0 Å². The summed E-state index contributed by atoms with van der Waals surface area (Å²) in [5.41, 5.74) is 6.01. The first kappa shape index (κ1) is 13.9. The Hall–Kier alpha value is -1.56. The molecule has 6 heteroatoms. The molecule has 1 aliphatic rings. The van der Waals surface area contributed by atoms with Crippen LogP contribution in [0.2, 0.25) is 0 Å². The molecule has 0 spiro atoms. The summed E-state index contributed by atoms with van der Waals surface area (Å²) in [6.07, 6.45) is 8.04. The van der Waals surface area contributed by atoms with Crippen molar-refractivity contribution in [2.24, 2.45) is 0 Å². The van der Waals surface area contributed by atoms with Crippen LogP contribution in [0.4, 0.5) is 5.82 Å². The van der Waals surface area contributed by atoms with Crippen LogP contribution < -0.4 is 5.73 Å². The highest BCUT2D eigenvalue weighted by atomic mass is 16.5. The maximum absolute atomic E-state index is 11.4. The maximum atomic E-state index is 11.4. The molecule has 106 valence electrons. The van der Waals surface area contributed by atoms with E-state index in [1.807, 2.05) is 0 Å². The molecule has 2 rings (SSSR count). The summed E-state index contributed by atoms with van der Waals surface area (Å²) >= 11 is 0. The Morgan fingerprint density at radius 3 is 2.89 bits per heavy atom. The van der Waals surface area contributed by atoms with Crippen molar-refractivity contribution in [2.75, 3.05) is 19.5 Å². The second-order valence-electron chi connectivity index (χ2n) is 4.79.